The Bertz CT molecular complexity index is 1010. The highest BCUT2D eigenvalue weighted by Gasteiger charge is 2.26. The Morgan fingerprint density at radius 1 is 0.923 bits per heavy atom. The maximum atomic E-state index is 12.2. The molecule has 1 aliphatic rings. The summed E-state index contributed by atoms with van der Waals surface area (Å²) in [4.78, 5) is 16.6. The van der Waals surface area contributed by atoms with Crippen LogP contribution in [0.15, 0.2) is 71.7 Å². The van der Waals surface area contributed by atoms with Gasteiger partial charge in [-0.25, -0.2) is 4.99 Å². The third kappa shape index (κ3) is 3.25. The minimum atomic E-state index is -0.246. The van der Waals surface area contributed by atoms with Crippen molar-refractivity contribution in [3.05, 3.63) is 77.3 Å². The lowest BCUT2D eigenvalue weighted by atomic mass is 10.1. The minimum absolute atomic E-state index is 0.246. The summed E-state index contributed by atoms with van der Waals surface area (Å²) >= 11 is 6.03. The molecule has 0 bridgehead atoms. The number of benzene rings is 3. The van der Waals surface area contributed by atoms with Crippen LogP contribution in [-0.2, 0) is 4.79 Å². The van der Waals surface area contributed by atoms with Gasteiger partial charge in [-0.05, 0) is 66.7 Å². The molecule has 0 unspecified atom stereocenters. The second-order valence-corrected chi connectivity index (χ2v) is 6.21. The van der Waals surface area contributed by atoms with E-state index in [1.54, 1.807) is 66.7 Å². The molecule has 0 spiro atoms. The summed E-state index contributed by atoms with van der Waals surface area (Å²) in [7, 11) is 0. The standard InChI is InChI=1S/C20H14ClN3O2/c21-12-1-10-18-17(11-12)19(20(25)24-18)23-14-4-8-16(9-5-14)26-15-6-2-13(22)3-7-15/h1-11H,22H2,(H,23,24,25). The summed E-state index contributed by atoms with van der Waals surface area (Å²) < 4.78 is 5.75. The summed E-state index contributed by atoms with van der Waals surface area (Å²) in [5.41, 5.74) is 8.74. The average Bonchev–Trinajstić information content (AvgIpc) is 2.94. The summed E-state index contributed by atoms with van der Waals surface area (Å²) in [5, 5.41) is 3.34. The Labute approximate surface area is 155 Å². The van der Waals surface area contributed by atoms with Gasteiger partial charge in [0.1, 0.15) is 17.2 Å². The number of carbonyl (C=O) groups excluding carboxylic acids is 1. The first-order valence-corrected chi connectivity index (χ1v) is 8.30. The van der Waals surface area contributed by atoms with Crippen molar-refractivity contribution in [3.8, 4) is 11.5 Å². The normalized spacial score (nSPS) is 14.2. The fourth-order valence-electron chi connectivity index (χ4n) is 2.63. The molecular formula is C20H14ClN3O2. The first kappa shape index (κ1) is 16.2. The van der Waals surface area contributed by atoms with Crippen LogP contribution in [0.3, 0.4) is 0 Å². The van der Waals surface area contributed by atoms with Crippen LogP contribution >= 0.6 is 11.6 Å². The molecular weight excluding hydrogens is 350 g/mol. The third-order valence-corrected chi connectivity index (χ3v) is 4.13. The van der Waals surface area contributed by atoms with Gasteiger partial charge in [0, 0.05) is 16.3 Å². The van der Waals surface area contributed by atoms with E-state index < -0.39 is 0 Å². The molecule has 6 heteroatoms. The number of amides is 1. The predicted molar refractivity (Wildman–Crippen MR) is 104 cm³/mol. The van der Waals surface area contributed by atoms with Crippen molar-refractivity contribution in [2.45, 2.75) is 0 Å². The highest BCUT2D eigenvalue weighted by molar-refractivity contribution is 6.54. The number of nitrogens with one attached hydrogen (secondary N) is 1. The lowest BCUT2D eigenvalue weighted by Crippen LogP contribution is -2.13. The van der Waals surface area contributed by atoms with Gasteiger partial charge in [0.2, 0.25) is 0 Å². The monoisotopic (exact) mass is 363 g/mol. The number of nitrogens with zero attached hydrogens (tertiary/aromatic N) is 1. The maximum absolute atomic E-state index is 12.2. The zero-order chi connectivity index (χ0) is 18.1. The minimum Gasteiger partial charge on any atom is -0.457 e. The van der Waals surface area contributed by atoms with E-state index in [1.165, 1.54) is 0 Å². The van der Waals surface area contributed by atoms with E-state index in [0.29, 0.717) is 44.9 Å². The van der Waals surface area contributed by atoms with Gasteiger partial charge < -0.3 is 15.8 Å². The number of halogens is 1. The number of anilines is 2. The number of rotatable bonds is 3. The molecule has 0 aromatic heterocycles. The smallest absolute Gasteiger partial charge is 0.275 e. The lowest BCUT2D eigenvalue weighted by Gasteiger charge is -2.06. The molecule has 26 heavy (non-hydrogen) atoms. The molecule has 0 saturated carbocycles. The van der Waals surface area contributed by atoms with E-state index in [-0.39, 0.29) is 5.91 Å². The Morgan fingerprint density at radius 2 is 1.58 bits per heavy atom. The van der Waals surface area contributed by atoms with Gasteiger partial charge >= 0.3 is 0 Å². The Morgan fingerprint density at radius 3 is 2.27 bits per heavy atom. The van der Waals surface area contributed by atoms with Crippen LogP contribution in [0, 0.1) is 0 Å². The zero-order valence-electron chi connectivity index (χ0n) is 13.6. The molecule has 0 radical (unpaired) electrons. The molecule has 0 saturated heterocycles. The quantitative estimate of drug-likeness (QED) is 0.657. The molecule has 0 fully saturated rings. The summed E-state index contributed by atoms with van der Waals surface area (Å²) in [6, 6.07) is 19.5. The van der Waals surface area contributed by atoms with Crippen molar-refractivity contribution in [1.29, 1.82) is 0 Å². The van der Waals surface area contributed by atoms with Crippen molar-refractivity contribution in [1.82, 2.24) is 0 Å². The van der Waals surface area contributed by atoms with Gasteiger partial charge in [-0.1, -0.05) is 11.6 Å². The first-order chi connectivity index (χ1) is 12.6. The van der Waals surface area contributed by atoms with Crippen LogP contribution in [0.1, 0.15) is 5.56 Å². The van der Waals surface area contributed by atoms with E-state index in [0.717, 1.165) is 0 Å². The van der Waals surface area contributed by atoms with Gasteiger partial charge in [0.05, 0.1) is 11.4 Å². The first-order valence-electron chi connectivity index (χ1n) is 7.92. The van der Waals surface area contributed by atoms with Crippen molar-refractivity contribution in [2.75, 3.05) is 11.1 Å². The molecule has 3 aromatic rings. The number of hydrogen-bond donors (Lipinski definition) is 2. The topological polar surface area (TPSA) is 76.7 Å². The third-order valence-electron chi connectivity index (χ3n) is 3.89. The largest absolute Gasteiger partial charge is 0.457 e. The van der Waals surface area contributed by atoms with Crippen LogP contribution in [-0.4, -0.2) is 11.6 Å². The Hall–Kier alpha value is -3.31. The fraction of sp³-hybridized carbons (Fsp3) is 0. The van der Waals surface area contributed by atoms with Gasteiger partial charge in [-0.2, -0.15) is 0 Å². The zero-order valence-corrected chi connectivity index (χ0v) is 14.3. The van der Waals surface area contributed by atoms with E-state index in [4.69, 9.17) is 22.1 Å². The van der Waals surface area contributed by atoms with Crippen molar-refractivity contribution >= 4 is 40.3 Å². The number of ether oxygens (including phenoxy) is 1. The van der Waals surface area contributed by atoms with E-state index in [2.05, 4.69) is 10.3 Å². The second-order valence-electron chi connectivity index (χ2n) is 5.77. The van der Waals surface area contributed by atoms with Crippen LogP contribution < -0.4 is 15.8 Å². The van der Waals surface area contributed by atoms with E-state index >= 15 is 0 Å². The number of nitrogens with two attached hydrogens (primary N) is 1. The molecule has 1 amide bonds. The number of fused-ring (bicyclic) bond motifs is 1. The van der Waals surface area contributed by atoms with E-state index in [9.17, 15) is 4.79 Å². The lowest BCUT2D eigenvalue weighted by molar-refractivity contribution is -0.110. The fourth-order valence-corrected chi connectivity index (χ4v) is 2.80. The molecule has 3 aromatic carbocycles. The number of carbonyl (C=O) groups is 1. The number of nitrogen functional groups attached to an aromatic ring is 1. The van der Waals surface area contributed by atoms with Gasteiger partial charge in [0.25, 0.3) is 5.91 Å². The summed E-state index contributed by atoms with van der Waals surface area (Å²) in [6.07, 6.45) is 0. The molecule has 5 nitrogen and oxygen atoms in total. The highest BCUT2D eigenvalue weighted by Crippen LogP contribution is 2.29. The average molecular weight is 364 g/mol. The molecule has 4 rings (SSSR count). The van der Waals surface area contributed by atoms with E-state index in [1.807, 2.05) is 0 Å². The Balaban J connectivity index is 1.58. The SMILES string of the molecule is Nc1ccc(Oc2ccc(N=C3C(=O)Nc4ccc(Cl)cc43)cc2)cc1. The van der Waals surface area contributed by atoms with Gasteiger partial charge in [-0.3, -0.25) is 4.79 Å². The number of hydrogen-bond acceptors (Lipinski definition) is 4. The molecule has 1 heterocycles. The molecule has 1 aliphatic heterocycles. The predicted octanol–water partition coefficient (Wildman–Crippen LogP) is 4.79. The second kappa shape index (κ2) is 6.54. The van der Waals surface area contributed by atoms with Crippen molar-refractivity contribution < 1.29 is 9.53 Å². The molecule has 3 N–H and O–H groups in total. The van der Waals surface area contributed by atoms with Gasteiger partial charge in [0.15, 0.2) is 0 Å². The van der Waals surface area contributed by atoms with Gasteiger partial charge in [-0.15, -0.1) is 0 Å². The number of aliphatic imine (C=N–C) groups is 1. The molecule has 0 atom stereocenters. The van der Waals surface area contributed by atoms with Crippen molar-refractivity contribution in [3.63, 3.8) is 0 Å². The van der Waals surface area contributed by atoms with Crippen LogP contribution in [0.4, 0.5) is 17.1 Å². The van der Waals surface area contributed by atoms with Crippen LogP contribution in [0.25, 0.3) is 0 Å². The maximum Gasteiger partial charge on any atom is 0.275 e. The Kier molecular flexibility index (Phi) is 4.07. The summed E-state index contributed by atoms with van der Waals surface area (Å²) in [5.74, 6) is 1.11. The highest BCUT2D eigenvalue weighted by atomic mass is 35.5. The summed E-state index contributed by atoms with van der Waals surface area (Å²) in [6.45, 7) is 0. The molecule has 0 aliphatic carbocycles. The molecule has 128 valence electrons. The van der Waals surface area contributed by atoms with Crippen LogP contribution in [0.2, 0.25) is 5.02 Å². The van der Waals surface area contributed by atoms with Crippen LogP contribution in [0.5, 0.6) is 11.5 Å². The van der Waals surface area contributed by atoms with Crippen molar-refractivity contribution in [2.24, 2.45) is 4.99 Å².